The fourth-order valence-electron chi connectivity index (χ4n) is 1.96. The van der Waals surface area contributed by atoms with E-state index in [1.165, 1.54) is 0 Å². The molecule has 1 saturated heterocycles. The second kappa shape index (κ2) is 5.53. The Bertz CT molecular complexity index is 463. The topological polar surface area (TPSA) is 47.7 Å². The van der Waals surface area contributed by atoms with Gasteiger partial charge in [0.1, 0.15) is 24.4 Å². The van der Waals surface area contributed by atoms with Crippen molar-refractivity contribution < 1.29 is 9.47 Å². The quantitative estimate of drug-likeness (QED) is 0.657. The van der Waals surface area contributed by atoms with E-state index in [1.54, 1.807) is 6.26 Å². The lowest BCUT2D eigenvalue weighted by Gasteiger charge is -2.38. The van der Waals surface area contributed by atoms with E-state index < -0.39 is 0 Å². The van der Waals surface area contributed by atoms with Crippen LogP contribution in [0.3, 0.4) is 0 Å². The van der Waals surface area contributed by atoms with Gasteiger partial charge in [0.25, 0.3) is 0 Å². The Balaban J connectivity index is 2.02. The number of benzene rings is 1. The van der Waals surface area contributed by atoms with E-state index in [4.69, 9.17) is 15.2 Å². The highest BCUT2D eigenvalue weighted by atomic mass is 16.5. The maximum Gasteiger partial charge on any atom is 0.149 e. The molecule has 104 valence electrons. The molecule has 0 bridgehead atoms. The maximum atomic E-state index is 5.83. The van der Waals surface area contributed by atoms with Gasteiger partial charge in [-0.2, -0.15) is 0 Å². The average molecular weight is 262 g/mol. The highest BCUT2D eigenvalue weighted by Gasteiger charge is 2.25. The van der Waals surface area contributed by atoms with E-state index in [2.05, 4.69) is 25.7 Å². The Morgan fingerprint density at radius 3 is 2.74 bits per heavy atom. The number of nitrogen functional groups attached to an aromatic ring is 1. The summed E-state index contributed by atoms with van der Waals surface area (Å²) in [6, 6.07) is 7.44. The van der Waals surface area contributed by atoms with Crippen molar-refractivity contribution in [1.82, 2.24) is 4.90 Å². The van der Waals surface area contributed by atoms with Gasteiger partial charge in [-0.3, -0.25) is 4.90 Å². The van der Waals surface area contributed by atoms with Crippen molar-refractivity contribution in [2.45, 2.75) is 26.3 Å². The van der Waals surface area contributed by atoms with Crippen molar-refractivity contribution in [2.24, 2.45) is 0 Å². The highest BCUT2D eigenvalue weighted by Crippen LogP contribution is 2.22. The molecule has 1 heterocycles. The molecule has 1 aliphatic heterocycles. The van der Waals surface area contributed by atoms with Gasteiger partial charge in [0.15, 0.2) is 0 Å². The first-order chi connectivity index (χ1) is 8.97. The molecule has 0 aliphatic carbocycles. The van der Waals surface area contributed by atoms with Gasteiger partial charge >= 0.3 is 0 Å². The van der Waals surface area contributed by atoms with Crippen LogP contribution in [0.1, 0.15) is 20.8 Å². The van der Waals surface area contributed by atoms with Gasteiger partial charge in [0.2, 0.25) is 0 Å². The van der Waals surface area contributed by atoms with Crippen molar-refractivity contribution in [2.75, 3.05) is 25.4 Å². The maximum absolute atomic E-state index is 5.83. The molecule has 0 unspecified atom stereocenters. The molecular weight excluding hydrogens is 240 g/mol. The number of hydrogen-bond acceptors (Lipinski definition) is 4. The summed E-state index contributed by atoms with van der Waals surface area (Å²) in [5, 5.41) is 0. The molecule has 0 amide bonds. The number of morpholine rings is 1. The van der Waals surface area contributed by atoms with Crippen molar-refractivity contribution in [3.8, 4) is 5.75 Å². The van der Waals surface area contributed by atoms with Gasteiger partial charge in [-0.1, -0.05) is 12.1 Å². The molecule has 0 spiro atoms. The summed E-state index contributed by atoms with van der Waals surface area (Å²) in [7, 11) is 0. The minimum Gasteiger partial charge on any atom is -0.492 e. The first-order valence-corrected chi connectivity index (χ1v) is 6.55. The first kappa shape index (κ1) is 13.7. The molecule has 1 fully saturated rings. The van der Waals surface area contributed by atoms with Gasteiger partial charge in [-0.05, 0) is 32.9 Å². The zero-order valence-electron chi connectivity index (χ0n) is 11.8. The van der Waals surface area contributed by atoms with Gasteiger partial charge < -0.3 is 15.2 Å². The average Bonchev–Trinajstić information content (AvgIpc) is 2.37. The molecule has 0 atom stereocenters. The molecule has 1 aromatic carbocycles. The summed E-state index contributed by atoms with van der Waals surface area (Å²) in [5.41, 5.74) is 6.59. The fraction of sp³-hybridized carbons (Fsp3) is 0.467. The number of hydrogen-bond donors (Lipinski definition) is 1. The Morgan fingerprint density at radius 2 is 2.05 bits per heavy atom. The smallest absolute Gasteiger partial charge is 0.149 e. The van der Waals surface area contributed by atoms with Crippen LogP contribution in [0.4, 0.5) is 5.69 Å². The third-order valence-corrected chi connectivity index (χ3v) is 3.18. The number of rotatable bonds is 2. The van der Waals surface area contributed by atoms with Crippen LogP contribution in [-0.2, 0) is 4.74 Å². The molecule has 4 nitrogen and oxygen atoms in total. The standard InChI is InChI=1S/C15H22N2O2/c1-15(2,3)17-8-9-18-12(10-17)11-19-14-7-5-4-6-13(14)16/h4-7,11H,8-10,16H2,1-3H3. The molecule has 1 aromatic rings. The van der Waals surface area contributed by atoms with Gasteiger partial charge in [0.05, 0.1) is 12.2 Å². The predicted molar refractivity (Wildman–Crippen MR) is 76.8 cm³/mol. The van der Waals surface area contributed by atoms with E-state index in [0.29, 0.717) is 18.0 Å². The minimum absolute atomic E-state index is 0.134. The molecule has 0 radical (unpaired) electrons. The zero-order chi connectivity index (χ0) is 13.9. The zero-order valence-corrected chi connectivity index (χ0v) is 11.8. The highest BCUT2D eigenvalue weighted by molar-refractivity contribution is 5.52. The molecule has 2 N–H and O–H groups in total. The molecule has 2 rings (SSSR count). The molecule has 0 saturated carbocycles. The second-order valence-corrected chi connectivity index (χ2v) is 5.68. The van der Waals surface area contributed by atoms with Crippen molar-refractivity contribution in [1.29, 1.82) is 0 Å². The summed E-state index contributed by atoms with van der Waals surface area (Å²) in [6.45, 7) is 8.99. The summed E-state index contributed by atoms with van der Waals surface area (Å²) in [4.78, 5) is 2.36. The third kappa shape index (κ3) is 3.64. The van der Waals surface area contributed by atoms with Crippen LogP contribution in [-0.4, -0.2) is 30.1 Å². The SMILES string of the molecule is CC(C)(C)N1CCOC(=COc2ccccc2N)C1. The van der Waals surface area contributed by atoms with E-state index in [1.807, 2.05) is 24.3 Å². The lowest BCUT2D eigenvalue weighted by atomic mass is 10.1. The predicted octanol–water partition coefficient (Wildman–Crippen LogP) is 2.62. The van der Waals surface area contributed by atoms with Crippen molar-refractivity contribution in [3.05, 3.63) is 36.3 Å². The van der Waals surface area contributed by atoms with Crippen LogP contribution in [0.25, 0.3) is 0 Å². The number of ether oxygens (including phenoxy) is 2. The minimum atomic E-state index is 0.134. The molecule has 1 aliphatic rings. The summed E-state index contributed by atoms with van der Waals surface area (Å²) in [5.74, 6) is 1.50. The van der Waals surface area contributed by atoms with Crippen LogP contribution >= 0.6 is 0 Å². The number of nitrogens with zero attached hydrogens (tertiary/aromatic N) is 1. The van der Waals surface area contributed by atoms with E-state index in [9.17, 15) is 0 Å². The van der Waals surface area contributed by atoms with E-state index >= 15 is 0 Å². The van der Waals surface area contributed by atoms with Crippen LogP contribution in [0.2, 0.25) is 0 Å². The number of nitrogens with two attached hydrogens (primary N) is 1. The van der Waals surface area contributed by atoms with Crippen molar-refractivity contribution >= 4 is 5.69 Å². The Labute approximate surface area is 114 Å². The number of para-hydroxylation sites is 2. The Hall–Kier alpha value is -1.68. The molecule has 19 heavy (non-hydrogen) atoms. The van der Waals surface area contributed by atoms with Crippen LogP contribution in [0.15, 0.2) is 36.3 Å². The first-order valence-electron chi connectivity index (χ1n) is 6.55. The summed E-state index contributed by atoms with van der Waals surface area (Å²) >= 11 is 0. The van der Waals surface area contributed by atoms with Crippen LogP contribution in [0.5, 0.6) is 5.75 Å². The monoisotopic (exact) mass is 262 g/mol. The van der Waals surface area contributed by atoms with Crippen LogP contribution < -0.4 is 10.5 Å². The van der Waals surface area contributed by atoms with Gasteiger partial charge in [0, 0.05) is 12.1 Å². The van der Waals surface area contributed by atoms with Gasteiger partial charge in [-0.15, -0.1) is 0 Å². The summed E-state index contributed by atoms with van der Waals surface area (Å²) < 4.78 is 11.2. The Kier molecular flexibility index (Phi) is 4.00. The van der Waals surface area contributed by atoms with Crippen LogP contribution in [0, 0.1) is 0 Å². The summed E-state index contributed by atoms with van der Waals surface area (Å²) in [6.07, 6.45) is 1.66. The third-order valence-electron chi connectivity index (χ3n) is 3.18. The van der Waals surface area contributed by atoms with Gasteiger partial charge in [-0.25, -0.2) is 0 Å². The molecule has 4 heteroatoms. The largest absolute Gasteiger partial charge is 0.492 e. The van der Waals surface area contributed by atoms with Crippen molar-refractivity contribution in [3.63, 3.8) is 0 Å². The lowest BCUT2D eigenvalue weighted by molar-refractivity contribution is 0.0360. The fourth-order valence-corrected chi connectivity index (χ4v) is 1.96. The number of anilines is 1. The van der Waals surface area contributed by atoms with E-state index in [0.717, 1.165) is 18.8 Å². The Morgan fingerprint density at radius 1 is 1.32 bits per heavy atom. The van der Waals surface area contributed by atoms with E-state index in [-0.39, 0.29) is 5.54 Å². The lowest BCUT2D eigenvalue weighted by Crippen LogP contribution is -2.47. The molecular formula is C15H22N2O2. The normalized spacial score (nSPS) is 19.2. The molecule has 0 aromatic heterocycles. The second-order valence-electron chi connectivity index (χ2n) is 5.68.